The molecule has 104 valence electrons. The van der Waals surface area contributed by atoms with Gasteiger partial charge in [-0.1, -0.05) is 5.16 Å². The Morgan fingerprint density at radius 1 is 1.47 bits per heavy atom. The summed E-state index contributed by atoms with van der Waals surface area (Å²) in [6, 6.07) is 1.65. The molecule has 3 N–H and O–H groups in total. The van der Waals surface area contributed by atoms with Crippen molar-refractivity contribution in [1.29, 1.82) is 0 Å². The molecule has 2 rings (SSSR count). The highest BCUT2D eigenvalue weighted by atomic mass is 32.2. The summed E-state index contributed by atoms with van der Waals surface area (Å²) in [5, 5.41) is 7.59. The van der Waals surface area contributed by atoms with Crippen molar-refractivity contribution in [3.63, 3.8) is 0 Å². The van der Waals surface area contributed by atoms with E-state index in [1.165, 1.54) is 4.68 Å². The average molecular weight is 285 g/mol. The molecule has 0 saturated carbocycles. The van der Waals surface area contributed by atoms with Crippen LogP contribution in [0.4, 0.5) is 5.82 Å². The van der Waals surface area contributed by atoms with Crippen LogP contribution in [-0.4, -0.2) is 23.4 Å². The summed E-state index contributed by atoms with van der Waals surface area (Å²) in [4.78, 5) is -0.00443. The van der Waals surface area contributed by atoms with E-state index in [0.717, 1.165) is 0 Å². The van der Waals surface area contributed by atoms with Gasteiger partial charge in [0.15, 0.2) is 5.82 Å². The molecule has 0 aromatic carbocycles. The van der Waals surface area contributed by atoms with Gasteiger partial charge < -0.3 is 10.3 Å². The lowest BCUT2D eigenvalue weighted by atomic mass is 10.4. The number of sulfonamides is 1. The first kappa shape index (κ1) is 13.6. The van der Waals surface area contributed by atoms with Crippen molar-refractivity contribution >= 4 is 15.8 Å². The van der Waals surface area contributed by atoms with Crippen molar-refractivity contribution in [3.05, 3.63) is 23.2 Å². The minimum atomic E-state index is -3.73. The molecule has 0 saturated heterocycles. The minimum absolute atomic E-state index is 0.00443. The predicted molar refractivity (Wildman–Crippen MR) is 67.6 cm³/mol. The molecule has 0 unspecified atom stereocenters. The van der Waals surface area contributed by atoms with Crippen LogP contribution in [0, 0.1) is 13.8 Å². The second kappa shape index (κ2) is 4.67. The molecule has 0 aliphatic carbocycles. The van der Waals surface area contributed by atoms with Crippen LogP contribution in [0.5, 0.6) is 0 Å². The number of aryl methyl sites for hydroxylation is 2. The van der Waals surface area contributed by atoms with Crippen LogP contribution in [-0.2, 0) is 23.6 Å². The number of hydrogen-bond donors (Lipinski definition) is 2. The van der Waals surface area contributed by atoms with Gasteiger partial charge >= 0.3 is 0 Å². The summed E-state index contributed by atoms with van der Waals surface area (Å²) in [6.07, 6.45) is 0. The molecule has 0 fully saturated rings. The number of anilines is 1. The summed E-state index contributed by atoms with van der Waals surface area (Å²) in [7, 11) is -2.10. The van der Waals surface area contributed by atoms with E-state index in [1.807, 2.05) is 0 Å². The van der Waals surface area contributed by atoms with Crippen molar-refractivity contribution in [3.8, 4) is 0 Å². The molecular weight excluding hydrogens is 270 g/mol. The second-order valence-corrected chi connectivity index (χ2v) is 5.88. The van der Waals surface area contributed by atoms with E-state index in [2.05, 4.69) is 15.0 Å². The van der Waals surface area contributed by atoms with Crippen LogP contribution in [0.1, 0.15) is 17.1 Å². The molecule has 0 bridgehead atoms. The summed E-state index contributed by atoms with van der Waals surface area (Å²) in [6.45, 7) is 3.40. The summed E-state index contributed by atoms with van der Waals surface area (Å²) >= 11 is 0. The molecule has 2 aromatic rings. The Hall–Kier alpha value is -1.87. The molecule has 19 heavy (non-hydrogen) atoms. The maximum absolute atomic E-state index is 12.2. The molecule has 0 spiro atoms. The highest BCUT2D eigenvalue weighted by Crippen LogP contribution is 2.21. The zero-order chi connectivity index (χ0) is 14.2. The molecule has 0 atom stereocenters. The molecule has 0 aliphatic heterocycles. The lowest BCUT2D eigenvalue weighted by Gasteiger charge is -2.05. The van der Waals surface area contributed by atoms with E-state index in [4.69, 9.17) is 10.3 Å². The second-order valence-electron chi connectivity index (χ2n) is 4.18. The fourth-order valence-corrected chi connectivity index (χ4v) is 3.01. The van der Waals surface area contributed by atoms with Crippen molar-refractivity contribution < 1.29 is 12.9 Å². The largest absolute Gasteiger partial charge is 0.381 e. The Morgan fingerprint density at radius 2 is 2.16 bits per heavy atom. The van der Waals surface area contributed by atoms with E-state index >= 15 is 0 Å². The Kier molecular flexibility index (Phi) is 3.33. The van der Waals surface area contributed by atoms with E-state index in [9.17, 15) is 8.42 Å². The lowest BCUT2D eigenvalue weighted by Crippen LogP contribution is -2.24. The van der Waals surface area contributed by atoms with E-state index in [-0.39, 0.29) is 17.3 Å². The molecule has 0 amide bonds. The first-order valence-electron chi connectivity index (χ1n) is 5.52. The summed E-state index contributed by atoms with van der Waals surface area (Å²) in [5.41, 5.74) is 6.59. The van der Waals surface area contributed by atoms with Crippen LogP contribution >= 0.6 is 0 Å². The van der Waals surface area contributed by atoms with Gasteiger partial charge in [-0.3, -0.25) is 4.68 Å². The number of hydrogen-bond acceptors (Lipinski definition) is 6. The highest BCUT2D eigenvalue weighted by Gasteiger charge is 2.24. The Morgan fingerprint density at radius 3 is 2.63 bits per heavy atom. The maximum atomic E-state index is 12.2. The fraction of sp³-hybridized carbons (Fsp3) is 0.400. The minimum Gasteiger partial charge on any atom is -0.381 e. The number of nitrogens with zero attached hydrogens (tertiary/aromatic N) is 3. The molecule has 8 nitrogen and oxygen atoms in total. The molecule has 0 aliphatic rings. The van der Waals surface area contributed by atoms with Gasteiger partial charge in [0.25, 0.3) is 0 Å². The SMILES string of the molecule is Cc1cc(CNS(=O)(=O)c2c(N)nn(C)c2C)no1. The van der Waals surface area contributed by atoms with Crippen molar-refractivity contribution in [2.75, 3.05) is 5.73 Å². The molecule has 0 radical (unpaired) electrons. The van der Waals surface area contributed by atoms with Crippen LogP contribution in [0.3, 0.4) is 0 Å². The van der Waals surface area contributed by atoms with Gasteiger partial charge in [-0.15, -0.1) is 0 Å². The number of aromatic nitrogens is 3. The predicted octanol–water partition coefficient (Wildman–Crippen LogP) is 0.0856. The molecule has 9 heteroatoms. The zero-order valence-electron chi connectivity index (χ0n) is 10.8. The monoisotopic (exact) mass is 285 g/mol. The van der Waals surface area contributed by atoms with Crippen molar-refractivity contribution in [2.24, 2.45) is 7.05 Å². The molecule has 2 heterocycles. The van der Waals surface area contributed by atoms with Crippen molar-refractivity contribution in [2.45, 2.75) is 25.3 Å². The van der Waals surface area contributed by atoms with Crippen LogP contribution in [0.15, 0.2) is 15.5 Å². The first-order valence-corrected chi connectivity index (χ1v) is 7.00. The highest BCUT2D eigenvalue weighted by molar-refractivity contribution is 7.89. The van der Waals surface area contributed by atoms with Crippen LogP contribution in [0.25, 0.3) is 0 Å². The maximum Gasteiger partial charge on any atom is 0.246 e. The van der Waals surface area contributed by atoms with Gasteiger partial charge in [-0.2, -0.15) is 5.10 Å². The summed E-state index contributed by atoms with van der Waals surface area (Å²) in [5.74, 6) is 0.593. The standard InChI is InChI=1S/C10H15N5O3S/c1-6-4-8(14-18-6)5-12-19(16,17)9-7(2)15(3)13-10(9)11/h4,12H,5H2,1-3H3,(H2,11,13). The van der Waals surface area contributed by atoms with E-state index in [0.29, 0.717) is 17.1 Å². The number of rotatable bonds is 4. The van der Waals surface area contributed by atoms with E-state index < -0.39 is 10.0 Å². The smallest absolute Gasteiger partial charge is 0.246 e. The van der Waals surface area contributed by atoms with Gasteiger partial charge in [0, 0.05) is 13.1 Å². The number of nitrogens with one attached hydrogen (secondary N) is 1. The van der Waals surface area contributed by atoms with Gasteiger partial charge in [-0.25, -0.2) is 13.1 Å². The normalized spacial score (nSPS) is 11.9. The van der Waals surface area contributed by atoms with E-state index in [1.54, 1.807) is 27.0 Å². The molecular formula is C10H15N5O3S. The average Bonchev–Trinajstić information content (AvgIpc) is 2.82. The van der Waals surface area contributed by atoms with Gasteiger partial charge in [0.1, 0.15) is 10.7 Å². The number of nitrogens with two attached hydrogens (primary N) is 1. The van der Waals surface area contributed by atoms with Gasteiger partial charge in [0.05, 0.1) is 17.9 Å². The Balaban J connectivity index is 2.23. The molecule has 2 aromatic heterocycles. The lowest BCUT2D eigenvalue weighted by molar-refractivity contribution is 0.390. The van der Waals surface area contributed by atoms with Crippen LogP contribution < -0.4 is 10.5 Å². The quantitative estimate of drug-likeness (QED) is 0.822. The van der Waals surface area contributed by atoms with Gasteiger partial charge in [0.2, 0.25) is 10.0 Å². The fourth-order valence-electron chi connectivity index (χ4n) is 1.69. The third-order valence-electron chi connectivity index (χ3n) is 2.69. The first-order chi connectivity index (χ1) is 8.81. The Bertz CT molecular complexity index is 701. The third kappa shape index (κ3) is 2.61. The van der Waals surface area contributed by atoms with Gasteiger partial charge in [-0.05, 0) is 13.8 Å². The topological polar surface area (TPSA) is 116 Å². The Labute approximate surface area is 110 Å². The third-order valence-corrected chi connectivity index (χ3v) is 4.26. The van der Waals surface area contributed by atoms with Crippen molar-refractivity contribution in [1.82, 2.24) is 19.7 Å². The van der Waals surface area contributed by atoms with Crippen LogP contribution in [0.2, 0.25) is 0 Å². The summed E-state index contributed by atoms with van der Waals surface area (Å²) < 4.78 is 33.0. The number of nitrogen functional groups attached to an aromatic ring is 1. The zero-order valence-corrected chi connectivity index (χ0v) is 11.7.